The number of nitrogens with two attached hydrogens (primary N) is 1. The van der Waals surface area contributed by atoms with Crippen LogP contribution in [0.4, 0.5) is 5.69 Å². The number of carbonyl (C=O) groups excluding carboxylic acids is 2. The number of carbonyl (C=O) groups is 2. The first-order valence-corrected chi connectivity index (χ1v) is 8.44. The smallest absolute Gasteiger partial charge is 0.313 e. The highest BCUT2D eigenvalue weighted by molar-refractivity contribution is 6.39. The molecule has 132 valence electrons. The lowest BCUT2D eigenvalue weighted by Crippen LogP contribution is -2.52. The summed E-state index contributed by atoms with van der Waals surface area (Å²) in [6, 6.07) is 7.63. The maximum atomic E-state index is 12.3. The van der Waals surface area contributed by atoms with E-state index in [1.807, 2.05) is 24.3 Å². The lowest BCUT2D eigenvalue weighted by molar-refractivity contribution is -0.144. The van der Waals surface area contributed by atoms with Gasteiger partial charge in [0.2, 0.25) is 0 Å². The second kappa shape index (κ2) is 7.77. The van der Waals surface area contributed by atoms with Crippen molar-refractivity contribution in [3.8, 4) is 0 Å². The third-order valence-corrected chi connectivity index (χ3v) is 4.31. The van der Waals surface area contributed by atoms with Crippen LogP contribution in [-0.4, -0.2) is 60.9 Å². The molecular formula is C18H28N4O2. The van der Waals surface area contributed by atoms with Crippen LogP contribution in [0, 0.1) is 0 Å². The van der Waals surface area contributed by atoms with Crippen LogP contribution >= 0.6 is 0 Å². The summed E-state index contributed by atoms with van der Waals surface area (Å²) in [6.45, 7) is 10.5. The summed E-state index contributed by atoms with van der Waals surface area (Å²) in [7, 11) is 0. The Kier molecular flexibility index (Phi) is 5.96. The van der Waals surface area contributed by atoms with Crippen molar-refractivity contribution in [2.75, 3.05) is 44.6 Å². The molecule has 1 aliphatic rings. The van der Waals surface area contributed by atoms with E-state index < -0.39 is 11.8 Å². The Labute approximate surface area is 144 Å². The summed E-state index contributed by atoms with van der Waals surface area (Å²) in [4.78, 5) is 28.2. The molecule has 1 saturated heterocycles. The minimum absolute atomic E-state index is 0.0571. The predicted octanol–water partition coefficient (Wildman–Crippen LogP) is 1.03. The Morgan fingerprint density at radius 1 is 1.08 bits per heavy atom. The monoisotopic (exact) mass is 332 g/mol. The summed E-state index contributed by atoms with van der Waals surface area (Å²) in [5, 5.41) is 2.69. The predicted molar refractivity (Wildman–Crippen MR) is 95.8 cm³/mol. The molecule has 1 fully saturated rings. The molecule has 0 atom stereocenters. The van der Waals surface area contributed by atoms with Crippen LogP contribution in [0.25, 0.3) is 0 Å². The zero-order chi connectivity index (χ0) is 17.7. The van der Waals surface area contributed by atoms with E-state index in [9.17, 15) is 9.59 Å². The van der Waals surface area contributed by atoms with E-state index in [4.69, 9.17) is 5.73 Å². The molecule has 1 aromatic rings. The quantitative estimate of drug-likeness (QED) is 0.810. The van der Waals surface area contributed by atoms with Crippen molar-refractivity contribution in [1.82, 2.24) is 9.80 Å². The van der Waals surface area contributed by atoms with Gasteiger partial charge in [0.15, 0.2) is 0 Å². The average molecular weight is 332 g/mol. The molecule has 2 rings (SSSR count). The van der Waals surface area contributed by atoms with E-state index in [2.05, 4.69) is 31.0 Å². The molecule has 0 spiro atoms. The van der Waals surface area contributed by atoms with Crippen molar-refractivity contribution >= 4 is 17.5 Å². The third-order valence-electron chi connectivity index (χ3n) is 4.31. The molecular weight excluding hydrogens is 304 g/mol. The molecule has 1 heterocycles. The number of hydrogen-bond acceptors (Lipinski definition) is 4. The SMILES string of the molecule is CC(C)(C)c1ccc(NC(=O)C(=O)N2CCN(CCN)CC2)cc1. The van der Waals surface area contributed by atoms with E-state index >= 15 is 0 Å². The summed E-state index contributed by atoms with van der Waals surface area (Å²) < 4.78 is 0. The van der Waals surface area contributed by atoms with E-state index in [1.54, 1.807) is 4.90 Å². The molecule has 0 aliphatic carbocycles. The third kappa shape index (κ3) is 4.79. The molecule has 6 nitrogen and oxygen atoms in total. The summed E-state index contributed by atoms with van der Waals surface area (Å²) in [6.07, 6.45) is 0. The zero-order valence-electron chi connectivity index (χ0n) is 14.8. The fraction of sp³-hybridized carbons (Fsp3) is 0.556. The molecule has 0 bridgehead atoms. The fourth-order valence-corrected chi connectivity index (χ4v) is 2.74. The Morgan fingerprint density at radius 2 is 1.67 bits per heavy atom. The summed E-state index contributed by atoms with van der Waals surface area (Å²) in [5.74, 6) is -1.05. The van der Waals surface area contributed by atoms with Gasteiger partial charge in [-0.15, -0.1) is 0 Å². The maximum Gasteiger partial charge on any atom is 0.313 e. The van der Waals surface area contributed by atoms with Crippen molar-refractivity contribution in [1.29, 1.82) is 0 Å². The van der Waals surface area contributed by atoms with Gasteiger partial charge >= 0.3 is 11.8 Å². The zero-order valence-corrected chi connectivity index (χ0v) is 14.8. The van der Waals surface area contributed by atoms with Gasteiger partial charge < -0.3 is 16.0 Å². The Morgan fingerprint density at radius 3 is 2.17 bits per heavy atom. The summed E-state index contributed by atoms with van der Waals surface area (Å²) in [5.41, 5.74) is 7.42. The number of rotatable bonds is 3. The average Bonchev–Trinajstić information content (AvgIpc) is 2.55. The minimum Gasteiger partial charge on any atom is -0.332 e. The maximum absolute atomic E-state index is 12.3. The van der Waals surface area contributed by atoms with E-state index in [0.717, 1.165) is 19.6 Å². The first-order valence-electron chi connectivity index (χ1n) is 8.44. The van der Waals surface area contributed by atoms with Crippen LogP contribution in [0.2, 0.25) is 0 Å². The topological polar surface area (TPSA) is 78.7 Å². The summed E-state index contributed by atoms with van der Waals surface area (Å²) >= 11 is 0. The number of amides is 2. The van der Waals surface area contributed by atoms with Gasteiger partial charge in [-0.2, -0.15) is 0 Å². The molecule has 0 radical (unpaired) electrons. The molecule has 2 amide bonds. The van der Waals surface area contributed by atoms with Crippen LogP contribution < -0.4 is 11.1 Å². The van der Waals surface area contributed by atoms with E-state index in [0.29, 0.717) is 25.3 Å². The van der Waals surface area contributed by atoms with Gasteiger partial charge in [-0.3, -0.25) is 14.5 Å². The second-order valence-electron chi connectivity index (χ2n) is 7.20. The Hall–Kier alpha value is -1.92. The van der Waals surface area contributed by atoms with Crippen LogP contribution in [0.5, 0.6) is 0 Å². The standard InChI is InChI=1S/C18H28N4O2/c1-18(2,3)14-4-6-15(7-5-14)20-16(23)17(24)22-12-10-21(9-8-19)11-13-22/h4-7H,8-13,19H2,1-3H3,(H,20,23). The van der Waals surface area contributed by atoms with Crippen molar-refractivity contribution in [2.24, 2.45) is 5.73 Å². The highest BCUT2D eigenvalue weighted by atomic mass is 16.2. The van der Waals surface area contributed by atoms with Crippen LogP contribution in [0.15, 0.2) is 24.3 Å². The first kappa shape index (κ1) is 18.4. The largest absolute Gasteiger partial charge is 0.332 e. The molecule has 1 aromatic carbocycles. The Bertz CT molecular complexity index is 570. The number of anilines is 1. The molecule has 0 aromatic heterocycles. The van der Waals surface area contributed by atoms with Gasteiger partial charge in [-0.25, -0.2) is 0 Å². The highest BCUT2D eigenvalue weighted by Gasteiger charge is 2.25. The van der Waals surface area contributed by atoms with Gasteiger partial charge in [-0.05, 0) is 23.1 Å². The Balaban J connectivity index is 1.89. The number of hydrogen-bond donors (Lipinski definition) is 2. The highest BCUT2D eigenvalue weighted by Crippen LogP contribution is 2.23. The first-order chi connectivity index (χ1) is 11.3. The number of nitrogens with one attached hydrogen (secondary N) is 1. The van der Waals surface area contributed by atoms with Gasteiger partial charge in [0.05, 0.1) is 0 Å². The van der Waals surface area contributed by atoms with Gasteiger partial charge in [0, 0.05) is 45.0 Å². The van der Waals surface area contributed by atoms with Crippen molar-refractivity contribution in [2.45, 2.75) is 26.2 Å². The molecule has 0 saturated carbocycles. The van der Waals surface area contributed by atoms with E-state index in [-0.39, 0.29) is 5.41 Å². The molecule has 24 heavy (non-hydrogen) atoms. The fourth-order valence-electron chi connectivity index (χ4n) is 2.74. The lowest BCUT2D eigenvalue weighted by Gasteiger charge is -2.34. The van der Waals surface area contributed by atoms with E-state index in [1.165, 1.54) is 5.56 Å². The molecule has 6 heteroatoms. The van der Waals surface area contributed by atoms with Gasteiger partial charge in [0.1, 0.15) is 0 Å². The van der Waals surface area contributed by atoms with Crippen molar-refractivity contribution in [3.05, 3.63) is 29.8 Å². The molecule has 3 N–H and O–H groups in total. The lowest BCUT2D eigenvalue weighted by atomic mass is 9.87. The van der Waals surface area contributed by atoms with Crippen LogP contribution in [-0.2, 0) is 15.0 Å². The number of piperazine rings is 1. The van der Waals surface area contributed by atoms with Gasteiger partial charge in [-0.1, -0.05) is 32.9 Å². The molecule has 0 unspecified atom stereocenters. The normalized spacial score (nSPS) is 16.1. The van der Waals surface area contributed by atoms with Crippen molar-refractivity contribution in [3.63, 3.8) is 0 Å². The van der Waals surface area contributed by atoms with Gasteiger partial charge in [0.25, 0.3) is 0 Å². The van der Waals surface area contributed by atoms with Crippen molar-refractivity contribution < 1.29 is 9.59 Å². The van der Waals surface area contributed by atoms with Crippen LogP contribution in [0.3, 0.4) is 0 Å². The number of benzene rings is 1. The number of nitrogens with zero attached hydrogens (tertiary/aromatic N) is 2. The van der Waals surface area contributed by atoms with Crippen LogP contribution in [0.1, 0.15) is 26.3 Å². The second-order valence-corrected chi connectivity index (χ2v) is 7.20. The molecule has 1 aliphatic heterocycles. The minimum atomic E-state index is -0.578.